The van der Waals surface area contributed by atoms with Gasteiger partial charge in [0.25, 0.3) is 0 Å². The van der Waals surface area contributed by atoms with E-state index in [4.69, 9.17) is 13.9 Å². The monoisotopic (exact) mass is 408 g/mol. The average molecular weight is 408 g/mol. The molecule has 0 bridgehead atoms. The van der Waals surface area contributed by atoms with Gasteiger partial charge in [-0.05, 0) is 25.0 Å². The van der Waals surface area contributed by atoms with E-state index in [0.29, 0.717) is 29.9 Å². The number of methoxy groups -OCH3 is 1. The van der Waals surface area contributed by atoms with Crippen molar-refractivity contribution < 1.29 is 51.4 Å². The van der Waals surface area contributed by atoms with Gasteiger partial charge in [-0.3, -0.25) is 0 Å². The smallest absolute Gasteiger partial charge is 0.146 e. The summed E-state index contributed by atoms with van der Waals surface area (Å²) in [7, 11) is 1.58. The number of rotatable bonds is 2. The van der Waals surface area contributed by atoms with E-state index in [-0.39, 0.29) is 44.1 Å². The minimum absolute atomic E-state index is 0. The van der Waals surface area contributed by atoms with E-state index in [1.54, 1.807) is 13.2 Å². The predicted molar refractivity (Wildman–Crippen MR) is 87.6 cm³/mol. The Bertz CT molecular complexity index is 1010. The fraction of sp³-hybridized carbons (Fsp3) is 0.250. The molecule has 1 radical (unpaired) electrons. The minimum atomic E-state index is -0.345. The maximum Gasteiger partial charge on any atom is 0.146 e. The van der Waals surface area contributed by atoms with Crippen LogP contribution in [0.2, 0.25) is 0 Å². The van der Waals surface area contributed by atoms with Crippen LogP contribution in [0.3, 0.4) is 0 Å². The number of hydrogen-bond acceptors (Lipinski definition) is 4. The molecule has 5 rings (SSSR count). The molecule has 1 saturated heterocycles. The molecular formula is C20H15O4Y-. The zero-order valence-electron chi connectivity index (χ0n) is 14.0. The van der Waals surface area contributed by atoms with E-state index in [0.717, 1.165) is 27.9 Å². The Morgan fingerprint density at radius 2 is 2.12 bits per heavy atom. The number of ketones is 1. The molecule has 0 N–H and O–H groups in total. The van der Waals surface area contributed by atoms with Gasteiger partial charge in [0.2, 0.25) is 0 Å². The molecule has 2 aromatic carbocycles. The summed E-state index contributed by atoms with van der Waals surface area (Å²) in [5.74, 6) is 1.33. The molecule has 1 fully saturated rings. The molecule has 1 aromatic heterocycles. The number of benzene rings is 2. The van der Waals surface area contributed by atoms with Gasteiger partial charge >= 0.3 is 0 Å². The molecule has 0 saturated carbocycles. The third-order valence-electron chi connectivity index (χ3n) is 4.98. The molecule has 2 heterocycles. The van der Waals surface area contributed by atoms with E-state index in [1.807, 2.05) is 31.2 Å². The molecule has 4 nitrogen and oxygen atoms in total. The zero-order valence-corrected chi connectivity index (χ0v) is 16.8. The Hall–Kier alpha value is -1.49. The molecule has 25 heavy (non-hydrogen) atoms. The molecule has 1 aliphatic carbocycles. The average Bonchev–Trinajstić information content (AvgIpc) is 3.19. The summed E-state index contributed by atoms with van der Waals surface area (Å²) in [4.78, 5) is 13.0. The van der Waals surface area contributed by atoms with Crippen LogP contribution in [-0.4, -0.2) is 19.5 Å². The molecule has 5 heteroatoms. The molecule has 2 aliphatic rings. The van der Waals surface area contributed by atoms with E-state index in [9.17, 15) is 4.79 Å². The second-order valence-corrected chi connectivity index (χ2v) is 6.54. The molecule has 0 unspecified atom stereocenters. The van der Waals surface area contributed by atoms with E-state index in [1.165, 1.54) is 0 Å². The van der Waals surface area contributed by atoms with Gasteiger partial charge in [-0.1, -0.05) is 5.56 Å². The molecule has 0 amide bonds. The Labute approximate surface area is 170 Å². The second kappa shape index (κ2) is 5.77. The zero-order chi connectivity index (χ0) is 16.5. The van der Waals surface area contributed by atoms with E-state index < -0.39 is 0 Å². The van der Waals surface area contributed by atoms with Gasteiger partial charge in [0.05, 0.1) is 19.3 Å². The normalized spacial score (nSPS) is 20.6. The van der Waals surface area contributed by atoms with Crippen LogP contribution in [0.1, 0.15) is 39.7 Å². The van der Waals surface area contributed by atoms with Crippen LogP contribution in [0.25, 0.3) is 11.0 Å². The van der Waals surface area contributed by atoms with Crippen molar-refractivity contribution in [3.05, 3.63) is 64.4 Å². The number of hydrogen-bond donors (Lipinski definition) is 0. The summed E-state index contributed by atoms with van der Waals surface area (Å²) in [6.07, 6.45) is 0.640. The Kier molecular flexibility index (Phi) is 3.91. The maximum atomic E-state index is 13.0. The predicted octanol–water partition coefficient (Wildman–Crippen LogP) is 3.62. The number of epoxide rings is 1. The van der Waals surface area contributed by atoms with Crippen LogP contribution in [0.4, 0.5) is 0 Å². The van der Waals surface area contributed by atoms with E-state index in [2.05, 4.69) is 6.07 Å². The molecule has 0 spiro atoms. The molecular weight excluding hydrogens is 393 g/mol. The first-order chi connectivity index (χ1) is 11.6. The van der Waals surface area contributed by atoms with Crippen molar-refractivity contribution >= 4 is 16.8 Å². The third-order valence-corrected chi connectivity index (χ3v) is 4.98. The maximum absolute atomic E-state index is 13.0. The Morgan fingerprint density at radius 3 is 2.84 bits per heavy atom. The summed E-state index contributed by atoms with van der Waals surface area (Å²) in [6, 6.07) is 12.5. The van der Waals surface area contributed by atoms with Crippen LogP contribution in [0.5, 0.6) is 5.75 Å². The number of carbonyl (C=O) groups is 1. The van der Waals surface area contributed by atoms with Gasteiger partial charge in [-0.25, -0.2) is 0 Å². The summed E-state index contributed by atoms with van der Waals surface area (Å²) in [5.41, 5.74) is 3.58. The summed E-state index contributed by atoms with van der Waals surface area (Å²) < 4.78 is 17.0. The van der Waals surface area contributed by atoms with Gasteiger partial charge in [-0.15, -0.1) is 5.56 Å². The SMILES string of the molecule is COc1cc2oc([C@@]3(C)CO3)cc2c2c1C(=O)c1ccc[c-]c1C2.[Y]. The first kappa shape index (κ1) is 17.0. The van der Waals surface area contributed by atoms with Crippen molar-refractivity contribution in [2.24, 2.45) is 0 Å². The Morgan fingerprint density at radius 1 is 1.32 bits per heavy atom. The van der Waals surface area contributed by atoms with E-state index >= 15 is 0 Å². The van der Waals surface area contributed by atoms with Gasteiger partial charge in [0.15, 0.2) is 0 Å². The van der Waals surface area contributed by atoms with Gasteiger partial charge < -0.3 is 18.7 Å². The number of fused-ring (bicyclic) bond motifs is 4. The van der Waals surface area contributed by atoms with Crippen molar-refractivity contribution in [3.8, 4) is 5.75 Å². The van der Waals surface area contributed by atoms with Crippen molar-refractivity contribution in [2.45, 2.75) is 18.9 Å². The number of carbonyl (C=O) groups excluding carboxylic acids is 1. The minimum Gasteiger partial charge on any atom is -0.496 e. The van der Waals surface area contributed by atoms with Crippen molar-refractivity contribution in [3.63, 3.8) is 0 Å². The van der Waals surface area contributed by atoms with Crippen LogP contribution in [0.15, 0.2) is 34.7 Å². The first-order valence-electron chi connectivity index (χ1n) is 7.93. The summed E-state index contributed by atoms with van der Waals surface area (Å²) in [5, 5.41) is 0.953. The Balaban J connectivity index is 0.00000157. The van der Waals surface area contributed by atoms with Crippen molar-refractivity contribution in [1.82, 2.24) is 0 Å². The van der Waals surface area contributed by atoms with Crippen LogP contribution < -0.4 is 4.74 Å². The summed E-state index contributed by atoms with van der Waals surface area (Å²) in [6.45, 7) is 2.66. The number of furan rings is 1. The van der Waals surface area contributed by atoms with Crippen LogP contribution in [0, 0.1) is 6.07 Å². The number of ether oxygens (including phenoxy) is 2. The molecule has 3 aromatic rings. The molecule has 123 valence electrons. The fourth-order valence-electron chi connectivity index (χ4n) is 3.47. The first-order valence-corrected chi connectivity index (χ1v) is 7.93. The second-order valence-electron chi connectivity index (χ2n) is 6.54. The largest absolute Gasteiger partial charge is 0.496 e. The third kappa shape index (κ3) is 2.42. The van der Waals surface area contributed by atoms with Crippen LogP contribution >= 0.6 is 0 Å². The summed E-state index contributed by atoms with van der Waals surface area (Å²) >= 11 is 0. The molecule has 1 aliphatic heterocycles. The van der Waals surface area contributed by atoms with Gasteiger partial charge in [0.1, 0.15) is 28.5 Å². The van der Waals surface area contributed by atoms with Gasteiger partial charge in [-0.2, -0.15) is 24.3 Å². The van der Waals surface area contributed by atoms with Gasteiger partial charge in [0, 0.05) is 44.2 Å². The molecule has 1 atom stereocenters. The van der Waals surface area contributed by atoms with Crippen LogP contribution in [-0.2, 0) is 49.5 Å². The standard InChI is InChI=1S/C20H15O4.Y/c1-20(10-23-20)17-8-13-14-7-11-5-3-4-6-12(11)19(21)18(14)16(22-2)9-15(13)24-17;/h3-4,6,8-9H,7,10H2,1-2H3;/q-1;/t20-;/m1./s1. The quantitative estimate of drug-likeness (QED) is 0.376. The fourth-order valence-corrected chi connectivity index (χ4v) is 3.47. The van der Waals surface area contributed by atoms with Crippen molar-refractivity contribution in [1.29, 1.82) is 0 Å². The topological polar surface area (TPSA) is 52.0 Å². The van der Waals surface area contributed by atoms with Crippen molar-refractivity contribution in [2.75, 3.05) is 13.7 Å².